The number of ether oxygens (including phenoxy) is 1. The van der Waals surface area contributed by atoms with Gasteiger partial charge in [0.2, 0.25) is 0 Å². The number of oxazole rings is 1. The van der Waals surface area contributed by atoms with Gasteiger partial charge in [-0.3, -0.25) is 0 Å². The predicted molar refractivity (Wildman–Crippen MR) is 88.6 cm³/mol. The van der Waals surface area contributed by atoms with E-state index >= 15 is 0 Å². The van der Waals surface area contributed by atoms with E-state index in [1.54, 1.807) is 4.90 Å². The van der Waals surface area contributed by atoms with Gasteiger partial charge in [-0.1, -0.05) is 12.1 Å². The zero-order valence-electron chi connectivity index (χ0n) is 14.1. The first kappa shape index (κ1) is 15.6. The maximum Gasteiger partial charge on any atom is 0.410 e. The lowest BCUT2D eigenvalue weighted by Gasteiger charge is -2.39. The van der Waals surface area contributed by atoms with Crippen LogP contribution in [0.15, 0.2) is 28.7 Å². The highest BCUT2D eigenvalue weighted by Crippen LogP contribution is 2.24. The van der Waals surface area contributed by atoms with Gasteiger partial charge in [-0.25, -0.2) is 4.79 Å². The largest absolute Gasteiger partial charge is 0.444 e. The maximum absolute atomic E-state index is 12.3. The van der Waals surface area contributed by atoms with Crippen LogP contribution in [0, 0.1) is 0 Å². The lowest BCUT2D eigenvalue weighted by molar-refractivity contribution is 0.0156. The van der Waals surface area contributed by atoms with E-state index in [1.807, 2.05) is 52.0 Å². The highest BCUT2D eigenvalue weighted by atomic mass is 16.6. The van der Waals surface area contributed by atoms with Crippen LogP contribution in [0.5, 0.6) is 0 Å². The van der Waals surface area contributed by atoms with E-state index in [2.05, 4.69) is 9.88 Å². The van der Waals surface area contributed by atoms with Crippen molar-refractivity contribution in [1.29, 1.82) is 0 Å². The fourth-order valence-corrected chi connectivity index (χ4v) is 2.72. The summed E-state index contributed by atoms with van der Waals surface area (Å²) in [5.41, 5.74) is 1.16. The average molecular weight is 317 g/mol. The number of nitrogens with zero attached hydrogens (tertiary/aromatic N) is 3. The van der Waals surface area contributed by atoms with Gasteiger partial charge in [-0.05, 0) is 39.8 Å². The molecule has 1 aromatic carbocycles. The number of carbonyl (C=O) groups is 1. The van der Waals surface area contributed by atoms with Crippen LogP contribution < -0.4 is 4.90 Å². The van der Waals surface area contributed by atoms with Gasteiger partial charge in [-0.15, -0.1) is 0 Å². The van der Waals surface area contributed by atoms with Crippen molar-refractivity contribution in [3.05, 3.63) is 24.3 Å². The molecule has 1 atom stereocenters. The minimum atomic E-state index is -0.478. The summed E-state index contributed by atoms with van der Waals surface area (Å²) in [6, 6.07) is 8.36. The summed E-state index contributed by atoms with van der Waals surface area (Å²) >= 11 is 0. The predicted octanol–water partition coefficient (Wildman–Crippen LogP) is 3.27. The van der Waals surface area contributed by atoms with Crippen LogP contribution in [-0.2, 0) is 4.74 Å². The first-order valence-corrected chi connectivity index (χ1v) is 7.93. The molecule has 1 unspecified atom stereocenters. The van der Waals surface area contributed by atoms with Crippen molar-refractivity contribution in [1.82, 2.24) is 9.88 Å². The smallest absolute Gasteiger partial charge is 0.410 e. The molecule has 2 heterocycles. The van der Waals surface area contributed by atoms with Crippen molar-refractivity contribution in [2.75, 3.05) is 24.5 Å². The van der Waals surface area contributed by atoms with Gasteiger partial charge < -0.3 is 19.0 Å². The van der Waals surface area contributed by atoms with E-state index < -0.39 is 5.60 Å². The summed E-state index contributed by atoms with van der Waals surface area (Å²) in [6.07, 6.45) is -0.262. The molecule has 0 N–H and O–H groups in total. The number of fused-ring (bicyclic) bond motifs is 1. The number of rotatable bonds is 1. The van der Waals surface area contributed by atoms with Gasteiger partial charge in [0, 0.05) is 25.7 Å². The molecule has 6 heteroatoms. The van der Waals surface area contributed by atoms with Crippen molar-refractivity contribution in [2.45, 2.75) is 39.3 Å². The Bertz CT molecular complexity index is 671. The molecule has 6 nitrogen and oxygen atoms in total. The minimum absolute atomic E-state index is 0.0358. The molecule has 1 saturated heterocycles. The van der Waals surface area contributed by atoms with Crippen LogP contribution in [0.3, 0.4) is 0 Å². The number of carbonyl (C=O) groups excluding carboxylic acids is 1. The Morgan fingerprint density at radius 1 is 1.30 bits per heavy atom. The van der Waals surface area contributed by atoms with Gasteiger partial charge in [0.05, 0.1) is 0 Å². The number of anilines is 1. The Morgan fingerprint density at radius 2 is 2.04 bits per heavy atom. The second-order valence-corrected chi connectivity index (χ2v) is 6.93. The Labute approximate surface area is 136 Å². The van der Waals surface area contributed by atoms with Gasteiger partial charge in [0.25, 0.3) is 6.01 Å². The molecule has 1 aliphatic rings. The molecule has 1 aliphatic heterocycles. The van der Waals surface area contributed by atoms with Crippen LogP contribution in [-0.4, -0.2) is 47.3 Å². The standard InChI is InChI=1S/C17H23N3O3/c1-12-11-19(9-10-20(12)16(21)23-17(2,3)4)15-18-13-7-5-6-8-14(13)22-15/h5-8,12H,9-11H2,1-4H3. The van der Waals surface area contributed by atoms with E-state index in [0.29, 0.717) is 25.6 Å². The zero-order chi connectivity index (χ0) is 16.6. The third-order valence-electron chi connectivity index (χ3n) is 3.81. The average Bonchev–Trinajstić information content (AvgIpc) is 2.89. The summed E-state index contributed by atoms with van der Waals surface area (Å²) in [6.45, 7) is 9.59. The van der Waals surface area contributed by atoms with E-state index in [-0.39, 0.29) is 12.1 Å². The van der Waals surface area contributed by atoms with E-state index in [4.69, 9.17) is 9.15 Å². The number of amides is 1. The fraction of sp³-hybridized carbons (Fsp3) is 0.529. The number of hydrogen-bond donors (Lipinski definition) is 0. The van der Waals surface area contributed by atoms with Crippen LogP contribution in [0.2, 0.25) is 0 Å². The van der Waals surface area contributed by atoms with Gasteiger partial charge in [0.1, 0.15) is 11.1 Å². The zero-order valence-corrected chi connectivity index (χ0v) is 14.1. The fourth-order valence-electron chi connectivity index (χ4n) is 2.72. The number of aromatic nitrogens is 1. The highest BCUT2D eigenvalue weighted by molar-refractivity contribution is 5.74. The van der Waals surface area contributed by atoms with E-state index in [9.17, 15) is 4.79 Å². The summed E-state index contributed by atoms with van der Waals surface area (Å²) in [4.78, 5) is 20.6. The lowest BCUT2D eigenvalue weighted by Crippen LogP contribution is -2.55. The molecule has 2 aromatic rings. The molecule has 23 heavy (non-hydrogen) atoms. The van der Waals surface area contributed by atoms with Crippen molar-refractivity contribution < 1.29 is 13.9 Å². The van der Waals surface area contributed by atoms with Crippen molar-refractivity contribution in [2.24, 2.45) is 0 Å². The SMILES string of the molecule is CC1CN(c2nc3ccccc3o2)CCN1C(=O)OC(C)(C)C. The third kappa shape index (κ3) is 3.41. The summed E-state index contributed by atoms with van der Waals surface area (Å²) in [5, 5.41) is 0. The summed E-state index contributed by atoms with van der Waals surface area (Å²) in [7, 11) is 0. The number of benzene rings is 1. The molecule has 1 fully saturated rings. The molecule has 1 aromatic heterocycles. The first-order valence-electron chi connectivity index (χ1n) is 7.93. The summed E-state index contributed by atoms with van der Waals surface area (Å²) < 4.78 is 11.3. The summed E-state index contributed by atoms with van der Waals surface area (Å²) in [5.74, 6) is 0. The Kier molecular flexibility index (Phi) is 3.92. The molecular formula is C17H23N3O3. The lowest BCUT2D eigenvalue weighted by atomic mass is 10.2. The molecule has 0 bridgehead atoms. The normalized spacial score (nSPS) is 19.2. The number of piperazine rings is 1. The van der Waals surface area contributed by atoms with E-state index in [1.165, 1.54) is 0 Å². The minimum Gasteiger partial charge on any atom is -0.444 e. The van der Waals surface area contributed by atoms with Crippen LogP contribution in [0.1, 0.15) is 27.7 Å². The van der Waals surface area contributed by atoms with Crippen molar-refractivity contribution in [3.63, 3.8) is 0 Å². The van der Waals surface area contributed by atoms with Crippen LogP contribution in [0.25, 0.3) is 11.1 Å². The van der Waals surface area contributed by atoms with Gasteiger partial charge in [0.15, 0.2) is 5.58 Å². The molecule has 0 spiro atoms. The quantitative estimate of drug-likeness (QED) is 0.808. The third-order valence-corrected chi connectivity index (χ3v) is 3.81. The molecule has 1 amide bonds. The molecule has 0 radical (unpaired) electrons. The van der Waals surface area contributed by atoms with Crippen molar-refractivity contribution >= 4 is 23.2 Å². The Morgan fingerprint density at radius 3 is 2.70 bits per heavy atom. The monoisotopic (exact) mass is 317 g/mol. The number of para-hydroxylation sites is 2. The second-order valence-electron chi connectivity index (χ2n) is 6.93. The molecule has 124 valence electrons. The maximum atomic E-state index is 12.3. The topological polar surface area (TPSA) is 58.8 Å². The molecule has 0 saturated carbocycles. The highest BCUT2D eigenvalue weighted by Gasteiger charge is 2.32. The number of hydrogen-bond acceptors (Lipinski definition) is 5. The van der Waals surface area contributed by atoms with Gasteiger partial charge >= 0.3 is 6.09 Å². The Balaban J connectivity index is 1.69. The van der Waals surface area contributed by atoms with Crippen LogP contribution >= 0.6 is 0 Å². The van der Waals surface area contributed by atoms with E-state index in [0.717, 1.165) is 11.1 Å². The van der Waals surface area contributed by atoms with Crippen LogP contribution in [0.4, 0.5) is 10.8 Å². The Hall–Kier alpha value is -2.24. The molecular weight excluding hydrogens is 294 g/mol. The first-order chi connectivity index (χ1) is 10.8. The molecule has 3 rings (SSSR count). The second kappa shape index (κ2) is 5.76. The van der Waals surface area contributed by atoms with Crippen molar-refractivity contribution in [3.8, 4) is 0 Å². The van der Waals surface area contributed by atoms with Gasteiger partial charge in [-0.2, -0.15) is 4.98 Å². The molecule has 0 aliphatic carbocycles.